The molecule has 2 unspecified atom stereocenters. The minimum atomic E-state index is 0.590. The summed E-state index contributed by atoms with van der Waals surface area (Å²) in [4.78, 5) is 0. The molecule has 0 aromatic heterocycles. The van der Waals surface area contributed by atoms with Crippen molar-refractivity contribution in [3.63, 3.8) is 0 Å². The summed E-state index contributed by atoms with van der Waals surface area (Å²) < 4.78 is 0. The number of hydrogen-bond donors (Lipinski definition) is 0. The highest BCUT2D eigenvalue weighted by atomic mass is 14.4. The monoisotopic (exact) mass is 198 g/mol. The van der Waals surface area contributed by atoms with Crippen LogP contribution in [0.1, 0.15) is 67.7 Å². The Bertz CT molecular complexity index is 144. The first kappa shape index (κ1) is 14.0. The molecule has 0 aliphatic heterocycles. The van der Waals surface area contributed by atoms with E-state index in [4.69, 9.17) is 0 Å². The van der Waals surface area contributed by atoms with Gasteiger partial charge in [0.25, 0.3) is 0 Å². The Morgan fingerprint density at radius 3 is 2.00 bits per heavy atom. The Hall–Kier alpha value is 0. The van der Waals surface area contributed by atoms with Crippen molar-refractivity contribution < 1.29 is 0 Å². The van der Waals surface area contributed by atoms with E-state index in [2.05, 4.69) is 34.6 Å². The van der Waals surface area contributed by atoms with Crippen molar-refractivity contribution in [2.75, 3.05) is 0 Å². The fraction of sp³-hybridized carbons (Fsp3) is 1.00. The van der Waals surface area contributed by atoms with E-state index in [0.29, 0.717) is 5.41 Å². The van der Waals surface area contributed by atoms with Crippen molar-refractivity contribution in [3.8, 4) is 0 Å². The van der Waals surface area contributed by atoms with Crippen LogP contribution in [-0.4, -0.2) is 0 Å². The van der Waals surface area contributed by atoms with Crippen LogP contribution >= 0.6 is 0 Å². The lowest BCUT2D eigenvalue weighted by molar-refractivity contribution is 0.0620. The average molecular weight is 198 g/mol. The Kier molecular flexibility index (Phi) is 5.78. The second-order valence-electron chi connectivity index (χ2n) is 5.58. The first-order chi connectivity index (χ1) is 6.45. The second kappa shape index (κ2) is 5.78. The van der Waals surface area contributed by atoms with Crippen molar-refractivity contribution >= 4 is 0 Å². The van der Waals surface area contributed by atoms with E-state index in [9.17, 15) is 0 Å². The van der Waals surface area contributed by atoms with E-state index in [1.165, 1.54) is 19.3 Å². The quantitative estimate of drug-likeness (QED) is 0.548. The highest BCUT2D eigenvalue weighted by Gasteiger charge is 2.36. The van der Waals surface area contributed by atoms with Crippen molar-refractivity contribution in [1.29, 1.82) is 0 Å². The zero-order valence-corrected chi connectivity index (χ0v) is 11.4. The normalized spacial score (nSPS) is 30.9. The van der Waals surface area contributed by atoms with Crippen LogP contribution in [0.25, 0.3) is 0 Å². The predicted molar refractivity (Wildman–Crippen MR) is 66.5 cm³/mol. The standard InChI is InChI=1S/C12H24.C2H6/c1-9(2)11-7-6-8-12(4,5)10(11)3;1-2/h9-11H,6-8H2,1-5H3;1-2H3. The zero-order valence-electron chi connectivity index (χ0n) is 11.4. The van der Waals surface area contributed by atoms with Crippen LogP contribution in [0.3, 0.4) is 0 Å². The molecule has 0 N–H and O–H groups in total. The van der Waals surface area contributed by atoms with Gasteiger partial charge in [-0.1, -0.05) is 54.9 Å². The van der Waals surface area contributed by atoms with E-state index < -0.39 is 0 Å². The van der Waals surface area contributed by atoms with E-state index in [1.54, 1.807) is 0 Å². The highest BCUT2D eigenvalue weighted by Crippen LogP contribution is 2.46. The lowest BCUT2D eigenvalue weighted by Gasteiger charge is -2.44. The molecule has 1 aliphatic rings. The molecular formula is C14H30. The van der Waals surface area contributed by atoms with Crippen LogP contribution in [0, 0.1) is 23.2 Å². The van der Waals surface area contributed by atoms with Crippen LogP contribution < -0.4 is 0 Å². The zero-order chi connectivity index (χ0) is 11.4. The third kappa shape index (κ3) is 3.29. The van der Waals surface area contributed by atoms with Crippen LogP contribution in [0.15, 0.2) is 0 Å². The summed E-state index contributed by atoms with van der Waals surface area (Å²) in [5.74, 6) is 2.75. The van der Waals surface area contributed by atoms with E-state index >= 15 is 0 Å². The van der Waals surface area contributed by atoms with Gasteiger partial charge in [-0.2, -0.15) is 0 Å². The molecule has 0 amide bonds. The van der Waals surface area contributed by atoms with Gasteiger partial charge in [0.15, 0.2) is 0 Å². The molecule has 0 bridgehead atoms. The third-order valence-electron chi connectivity index (χ3n) is 4.09. The maximum Gasteiger partial charge on any atom is -0.0326 e. The molecule has 0 heteroatoms. The summed E-state index contributed by atoms with van der Waals surface area (Å²) in [6.45, 7) is 16.1. The molecule has 0 heterocycles. The van der Waals surface area contributed by atoms with Crippen LogP contribution in [0.4, 0.5) is 0 Å². The maximum atomic E-state index is 2.45. The first-order valence-electron chi connectivity index (χ1n) is 6.45. The fourth-order valence-electron chi connectivity index (χ4n) is 2.76. The Labute approximate surface area is 91.5 Å². The van der Waals surface area contributed by atoms with Crippen molar-refractivity contribution in [3.05, 3.63) is 0 Å². The van der Waals surface area contributed by atoms with Crippen LogP contribution in [-0.2, 0) is 0 Å². The molecule has 0 saturated heterocycles. The molecule has 0 spiro atoms. The summed E-state index contributed by atoms with van der Waals surface area (Å²) in [5, 5.41) is 0. The summed E-state index contributed by atoms with van der Waals surface area (Å²) in [5.41, 5.74) is 0.590. The minimum absolute atomic E-state index is 0.590. The number of hydrogen-bond acceptors (Lipinski definition) is 0. The van der Waals surface area contributed by atoms with Gasteiger partial charge >= 0.3 is 0 Å². The molecule has 86 valence electrons. The maximum absolute atomic E-state index is 2.45. The summed E-state index contributed by atoms with van der Waals surface area (Å²) in [6, 6.07) is 0. The molecule has 1 fully saturated rings. The fourth-order valence-corrected chi connectivity index (χ4v) is 2.76. The van der Waals surface area contributed by atoms with Gasteiger partial charge in [0.2, 0.25) is 0 Å². The SMILES string of the molecule is CC.CC(C)C1CCCC(C)(C)C1C. The molecule has 0 nitrogen and oxygen atoms in total. The summed E-state index contributed by atoms with van der Waals surface area (Å²) >= 11 is 0. The number of rotatable bonds is 1. The van der Waals surface area contributed by atoms with Gasteiger partial charge in [0, 0.05) is 0 Å². The van der Waals surface area contributed by atoms with Gasteiger partial charge in [0.05, 0.1) is 0 Å². The highest BCUT2D eigenvalue weighted by molar-refractivity contribution is 4.86. The molecule has 2 atom stereocenters. The molecule has 0 radical (unpaired) electrons. The van der Waals surface area contributed by atoms with E-state index in [0.717, 1.165) is 17.8 Å². The Morgan fingerprint density at radius 2 is 1.64 bits per heavy atom. The van der Waals surface area contributed by atoms with Gasteiger partial charge < -0.3 is 0 Å². The predicted octanol–water partition coefficient (Wildman–Crippen LogP) is 5.13. The van der Waals surface area contributed by atoms with Gasteiger partial charge in [-0.15, -0.1) is 0 Å². The molecule has 0 aromatic rings. The molecule has 0 aromatic carbocycles. The second-order valence-corrected chi connectivity index (χ2v) is 5.58. The Balaban J connectivity index is 0.000000791. The van der Waals surface area contributed by atoms with Gasteiger partial charge in [-0.25, -0.2) is 0 Å². The molecule has 1 saturated carbocycles. The molecule has 1 rings (SSSR count). The van der Waals surface area contributed by atoms with Gasteiger partial charge in [0.1, 0.15) is 0 Å². The van der Waals surface area contributed by atoms with Crippen molar-refractivity contribution in [2.45, 2.75) is 67.7 Å². The topological polar surface area (TPSA) is 0 Å². The first-order valence-corrected chi connectivity index (χ1v) is 6.45. The van der Waals surface area contributed by atoms with Gasteiger partial charge in [-0.05, 0) is 36.0 Å². The van der Waals surface area contributed by atoms with Crippen LogP contribution in [0.2, 0.25) is 0 Å². The lowest BCUT2D eigenvalue weighted by atomic mass is 9.62. The lowest BCUT2D eigenvalue weighted by Crippen LogP contribution is -2.35. The van der Waals surface area contributed by atoms with Crippen LogP contribution in [0.5, 0.6) is 0 Å². The smallest absolute Gasteiger partial charge is 0.0326 e. The van der Waals surface area contributed by atoms with E-state index in [-0.39, 0.29) is 0 Å². The van der Waals surface area contributed by atoms with E-state index in [1.807, 2.05) is 13.8 Å². The summed E-state index contributed by atoms with van der Waals surface area (Å²) in [7, 11) is 0. The van der Waals surface area contributed by atoms with Crippen molar-refractivity contribution in [1.82, 2.24) is 0 Å². The Morgan fingerprint density at radius 1 is 1.14 bits per heavy atom. The molecule has 14 heavy (non-hydrogen) atoms. The van der Waals surface area contributed by atoms with Gasteiger partial charge in [-0.3, -0.25) is 0 Å². The largest absolute Gasteiger partial charge is 0.0683 e. The average Bonchev–Trinajstić information content (AvgIpc) is 2.12. The third-order valence-corrected chi connectivity index (χ3v) is 4.09. The molecular weight excluding hydrogens is 168 g/mol. The summed E-state index contributed by atoms with van der Waals surface area (Å²) in [6.07, 6.45) is 4.33. The van der Waals surface area contributed by atoms with Crippen molar-refractivity contribution in [2.24, 2.45) is 23.2 Å². The molecule has 1 aliphatic carbocycles. The minimum Gasteiger partial charge on any atom is -0.0683 e.